The molecule has 0 aliphatic rings. The van der Waals surface area contributed by atoms with Crippen LogP contribution in [-0.4, -0.2) is 23.6 Å². The maximum absolute atomic E-state index is 11.6. The highest BCUT2D eigenvalue weighted by Crippen LogP contribution is 2.16. The molecule has 5 heteroatoms. The highest BCUT2D eigenvalue weighted by Gasteiger charge is 2.04. The van der Waals surface area contributed by atoms with E-state index in [4.69, 9.17) is 9.84 Å². The number of aliphatic carboxylic acids is 1. The number of nitrogens with one attached hydrogen (secondary N) is 1. The van der Waals surface area contributed by atoms with Crippen LogP contribution in [0.5, 0.6) is 5.75 Å². The molecule has 0 heterocycles. The van der Waals surface area contributed by atoms with Gasteiger partial charge in [-0.3, -0.25) is 9.59 Å². The minimum atomic E-state index is -0.881. The third kappa shape index (κ3) is 9.55. The Balaban J connectivity index is 2.22. The zero-order valence-electron chi connectivity index (χ0n) is 13.8. The minimum Gasteiger partial charge on any atom is -0.494 e. The highest BCUT2D eigenvalue weighted by molar-refractivity contribution is 5.90. The van der Waals surface area contributed by atoms with Crippen LogP contribution in [-0.2, 0) is 9.59 Å². The Bertz CT molecular complexity index is 470. The molecule has 1 aromatic carbocycles. The molecular formula is C18H27NO4. The van der Waals surface area contributed by atoms with Gasteiger partial charge in [0.15, 0.2) is 0 Å². The molecule has 23 heavy (non-hydrogen) atoms. The van der Waals surface area contributed by atoms with Crippen molar-refractivity contribution >= 4 is 17.6 Å². The second-order valence-corrected chi connectivity index (χ2v) is 5.58. The molecular weight excluding hydrogens is 294 g/mol. The Labute approximate surface area is 138 Å². The largest absolute Gasteiger partial charge is 0.494 e. The molecule has 2 N–H and O–H groups in total. The number of benzene rings is 1. The molecule has 0 aliphatic heterocycles. The number of carbonyl (C=O) groups excluding carboxylic acids is 1. The normalized spacial score (nSPS) is 10.3. The third-order valence-corrected chi connectivity index (χ3v) is 3.45. The fraction of sp³-hybridized carbons (Fsp3) is 0.556. The fourth-order valence-electron chi connectivity index (χ4n) is 2.15. The molecule has 0 aromatic heterocycles. The molecule has 5 nitrogen and oxygen atoms in total. The van der Waals surface area contributed by atoms with Crippen molar-refractivity contribution in [3.63, 3.8) is 0 Å². The van der Waals surface area contributed by atoms with E-state index in [0.717, 1.165) is 12.2 Å². The third-order valence-electron chi connectivity index (χ3n) is 3.45. The number of amides is 1. The number of ether oxygens (including phenoxy) is 1. The summed E-state index contributed by atoms with van der Waals surface area (Å²) >= 11 is 0. The lowest BCUT2D eigenvalue weighted by atomic mass is 10.2. The van der Waals surface area contributed by atoms with Crippen LogP contribution in [0.3, 0.4) is 0 Å². The van der Waals surface area contributed by atoms with Crippen LogP contribution in [0.15, 0.2) is 24.3 Å². The first-order valence-electron chi connectivity index (χ1n) is 8.36. The van der Waals surface area contributed by atoms with Gasteiger partial charge >= 0.3 is 5.97 Å². The maximum atomic E-state index is 11.6. The monoisotopic (exact) mass is 321 g/mol. The smallest absolute Gasteiger partial charge is 0.303 e. The Hall–Kier alpha value is -2.04. The van der Waals surface area contributed by atoms with Crippen LogP contribution >= 0.6 is 0 Å². The second-order valence-electron chi connectivity index (χ2n) is 5.58. The molecule has 0 radical (unpaired) electrons. The van der Waals surface area contributed by atoms with E-state index in [1.54, 1.807) is 12.1 Å². The number of unbranched alkanes of at least 4 members (excludes halogenated alkanes) is 4. The lowest BCUT2D eigenvalue weighted by Crippen LogP contribution is -2.11. The standard InChI is InChI=1S/C18H27NO4/c1-2-3-4-5-6-14-23-16-12-10-15(11-13-16)19-17(20)8-7-9-18(21)22/h10-13H,2-9,14H2,1H3,(H,19,20)(H,21,22). The van der Waals surface area contributed by atoms with Crippen molar-refractivity contribution in [2.45, 2.75) is 58.3 Å². The first kappa shape index (κ1) is 19.0. The topological polar surface area (TPSA) is 75.6 Å². The van der Waals surface area contributed by atoms with Crippen molar-refractivity contribution in [2.75, 3.05) is 11.9 Å². The van der Waals surface area contributed by atoms with Gasteiger partial charge in [-0.2, -0.15) is 0 Å². The van der Waals surface area contributed by atoms with E-state index in [2.05, 4.69) is 12.2 Å². The first-order chi connectivity index (χ1) is 11.1. The number of carbonyl (C=O) groups is 2. The summed E-state index contributed by atoms with van der Waals surface area (Å²) in [7, 11) is 0. The zero-order valence-corrected chi connectivity index (χ0v) is 13.8. The Morgan fingerprint density at radius 2 is 1.70 bits per heavy atom. The van der Waals surface area contributed by atoms with Gasteiger partial charge < -0.3 is 15.2 Å². The van der Waals surface area contributed by atoms with Crippen molar-refractivity contribution in [1.29, 1.82) is 0 Å². The van der Waals surface area contributed by atoms with Gasteiger partial charge in [0, 0.05) is 18.5 Å². The van der Waals surface area contributed by atoms with Crippen LogP contribution in [0.25, 0.3) is 0 Å². The molecule has 1 aromatic rings. The van der Waals surface area contributed by atoms with Gasteiger partial charge in [0.1, 0.15) is 5.75 Å². The summed E-state index contributed by atoms with van der Waals surface area (Å²) in [5.41, 5.74) is 0.695. The van der Waals surface area contributed by atoms with Crippen LogP contribution < -0.4 is 10.1 Å². The van der Waals surface area contributed by atoms with Crippen LogP contribution in [0, 0.1) is 0 Å². The minimum absolute atomic E-state index is 0.0124. The van der Waals surface area contributed by atoms with Crippen molar-refractivity contribution in [1.82, 2.24) is 0 Å². The average molecular weight is 321 g/mol. The lowest BCUT2D eigenvalue weighted by Gasteiger charge is -2.08. The average Bonchev–Trinajstić information content (AvgIpc) is 2.52. The molecule has 1 amide bonds. The molecule has 0 fully saturated rings. The van der Waals surface area contributed by atoms with Gasteiger partial charge in [0.2, 0.25) is 5.91 Å². The fourth-order valence-corrected chi connectivity index (χ4v) is 2.15. The molecule has 0 unspecified atom stereocenters. The Morgan fingerprint density at radius 3 is 2.35 bits per heavy atom. The summed E-state index contributed by atoms with van der Waals surface area (Å²) in [6, 6.07) is 7.25. The van der Waals surface area contributed by atoms with Crippen molar-refractivity contribution < 1.29 is 19.4 Å². The molecule has 0 aliphatic carbocycles. The number of carboxylic acid groups (broad SMARTS) is 1. The van der Waals surface area contributed by atoms with Gasteiger partial charge in [-0.1, -0.05) is 32.6 Å². The summed E-state index contributed by atoms with van der Waals surface area (Å²) in [6.45, 7) is 2.91. The SMILES string of the molecule is CCCCCCCOc1ccc(NC(=O)CCCC(=O)O)cc1. The van der Waals surface area contributed by atoms with Crippen molar-refractivity contribution in [2.24, 2.45) is 0 Å². The summed E-state index contributed by atoms with van der Waals surface area (Å²) in [5.74, 6) is -0.255. The Kier molecular flexibility index (Phi) is 9.52. The van der Waals surface area contributed by atoms with Gasteiger partial charge in [0.05, 0.1) is 6.61 Å². The number of hydrogen-bond acceptors (Lipinski definition) is 3. The van der Waals surface area contributed by atoms with E-state index >= 15 is 0 Å². The van der Waals surface area contributed by atoms with Gasteiger partial charge in [-0.05, 0) is 37.1 Å². The summed E-state index contributed by atoms with van der Waals surface area (Å²) in [5, 5.41) is 11.3. The highest BCUT2D eigenvalue weighted by atomic mass is 16.5. The number of hydrogen-bond donors (Lipinski definition) is 2. The summed E-state index contributed by atoms with van der Waals surface area (Å²) < 4.78 is 5.66. The molecule has 1 rings (SSSR count). The molecule has 0 atom stereocenters. The van der Waals surface area contributed by atoms with Gasteiger partial charge in [0.25, 0.3) is 0 Å². The van der Waals surface area contributed by atoms with E-state index in [1.165, 1.54) is 25.7 Å². The molecule has 0 saturated carbocycles. The van der Waals surface area contributed by atoms with E-state index in [0.29, 0.717) is 18.7 Å². The zero-order chi connectivity index (χ0) is 16.9. The second kappa shape index (κ2) is 11.5. The summed E-state index contributed by atoms with van der Waals surface area (Å²) in [4.78, 5) is 22.0. The van der Waals surface area contributed by atoms with E-state index in [-0.39, 0.29) is 18.7 Å². The van der Waals surface area contributed by atoms with Gasteiger partial charge in [-0.25, -0.2) is 0 Å². The van der Waals surface area contributed by atoms with E-state index in [9.17, 15) is 9.59 Å². The van der Waals surface area contributed by atoms with E-state index < -0.39 is 5.97 Å². The maximum Gasteiger partial charge on any atom is 0.303 e. The van der Waals surface area contributed by atoms with Crippen molar-refractivity contribution in [3.8, 4) is 5.75 Å². The molecule has 0 bridgehead atoms. The van der Waals surface area contributed by atoms with Gasteiger partial charge in [-0.15, -0.1) is 0 Å². The Morgan fingerprint density at radius 1 is 1.00 bits per heavy atom. The predicted octanol–water partition coefficient (Wildman–Crippen LogP) is 4.23. The number of anilines is 1. The number of carboxylic acids is 1. The molecule has 0 saturated heterocycles. The summed E-state index contributed by atoms with van der Waals surface area (Å²) in [6.07, 6.45) is 6.60. The quantitative estimate of drug-likeness (QED) is 0.565. The lowest BCUT2D eigenvalue weighted by molar-refractivity contribution is -0.137. The van der Waals surface area contributed by atoms with Crippen LogP contribution in [0.1, 0.15) is 58.3 Å². The molecule has 128 valence electrons. The number of rotatable bonds is 12. The predicted molar refractivity (Wildman–Crippen MR) is 90.8 cm³/mol. The van der Waals surface area contributed by atoms with Crippen LogP contribution in [0.4, 0.5) is 5.69 Å². The first-order valence-corrected chi connectivity index (χ1v) is 8.36. The van der Waals surface area contributed by atoms with Crippen molar-refractivity contribution in [3.05, 3.63) is 24.3 Å². The van der Waals surface area contributed by atoms with E-state index in [1.807, 2.05) is 12.1 Å². The van der Waals surface area contributed by atoms with Crippen LogP contribution in [0.2, 0.25) is 0 Å². The molecule has 0 spiro atoms.